The molecule has 4 atom stereocenters. The van der Waals surface area contributed by atoms with Gasteiger partial charge in [-0.1, -0.05) is 35.5 Å². The van der Waals surface area contributed by atoms with E-state index in [-0.39, 0.29) is 24.4 Å². The lowest BCUT2D eigenvalue weighted by Crippen LogP contribution is -2.36. The van der Waals surface area contributed by atoms with Gasteiger partial charge in [0, 0.05) is 17.3 Å². The molecule has 2 heterocycles. The molecular weight excluding hydrogens is 512 g/mol. The van der Waals surface area contributed by atoms with Crippen molar-refractivity contribution in [3.05, 3.63) is 88.5 Å². The van der Waals surface area contributed by atoms with Crippen LogP contribution in [0.4, 0.5) is 5.82 Å². The Balaban J connectivity index is 1.23. The molecule has 39 heavy (non-hydrogen) atoms. The van der Waals surface area contributed by atoms with E-state index in [2.05, 4.69) is 10.1 Å². The highest BCUT2D eigenvalue weighted by atomic mass is 16.6. The van der Waals surface area contributed by atoms with Crippen LogP contribution in [0.25, 0.3) is 0 Å². The highest BCUT2D eigenvalue weighted by Crippen LogP contribution is 2.28. The molecule has 0 spiro atoms. The summed E-state index contributed by atoms with van der Waals surface area (Å²) >= 11 is 0. The number of carbonyl (C=O) groups is 2. The lowest BCUT2D eigenvalue weighted by molar-refractivity contribution is -0.152. The Morgan fingerprint density at radius 2 is 1.64 bits per heavy atom. The number of benzene rings is 2. The van der Waals surface area contributed by atoms with Crippen molar-refractivity contribution in [3.63, 3.8) is 0 Å². The van der Waals surface area contributed by atoms with Crippen molar-refractivity contribution in [1.82, 2.24) is 9.55 Å². The van der Waals surface area contributed by atoms with E-state index in [9.17, 15) is 29.8 Å². The molecule has 2 aromatic carbocycles. The predicted octanol–water partition coefficient (Wildman–Crippen LogP) is 0.600. The minimum absolute atomic E-state index is 0.0151. The van der Waals surface area contributed by atoms with Gasteiger partial charge in [0.05, 0.1) is 12.8 Å². The third-order valence-electron chi connectivity index (χ3n) is 5.91. The summed E-state index contributed by atoms with van der Waals surface area (Å²) in [5, 5.41) is 33.2. The fourth-order valence-electron chi connectivity index (χ4n) is 3.91. The van der Waals surface area contributed by atoms with Crippen LogP contribution in [0.2, 0.25) is 0 Å². The highest BCUT2D eigenvalue weighted by molar-refractivity contribution is 6.12. The maximum atomic E-state index is 12.2. The quantitative estimate of drug-likeness (QED) is 0.0979. The van der Waals surface area contributed by atoms with Gasteiger partial charge in [-0.15, -0.1) is 0 Å². The number of aromatic nitrogens is 2. The van der Waals surface area contributed by atoms with Gasteiger partial charge in [0.2, 0.25) is 0 Å². The standard InChI is InChI=1S/C26H26N4O9/c27-19-12-13-30(26(35)28-19)25-24(34)23(33)18(39-25)14-37-20(31)10-11-21(32)38-17-8-6-16(7-9-17)22(29-36)15-4-2-1-3-5-15/h1-9,12-13,18,23-25,33-34,36H,10-11,14H2,(H2,27,28,35)/b29-22+/t18-,23-,24-,25?/m1/s1. The Morgan fingerprint density at radius 1 is 0.974 bits per heavy atom. The lowest BCUT2D eigenvalue weighted by Gasteiger charge is -2.16. The van der Waals surface area contributed by atoms with Gasteiger partial charge >= 0.3 is 17.6 Å². The van der Waals surface area contributed by atoms with E-state index in [1.165, 1.54) is 24.4 Å². The van der Waals surface area contributed by atoms with E-state index in [0.717, 1.165) is 4.57 Å². The number of hydrogen-bond donors (Lipinski definition) is 4. The molecule has 1 aliphatic heterocycles. The Hall–Kier alpha value is -4.59. The summed E-state index contributed by atoms with van der Waals surface area (Å²) in [5.74, 6) is -1.22. The number of nitrogens with two attached hydrogens (primary N) is 1. The zero-order chi connectivity index (χ0) is 27.9. The molecule has 1 unspecified atom stereocenters. The predicted molar refractivity (Wildman–Crippen MR) is 135 cm³/mol. The van der Waals surface area contributed by atoms with Crippen molar-refractivity contribution in [1.29, 1.82) is 0 Å². The zero-order valence-electron chi connectivity index (χ0n) is 20.5. The van der Waals surface area contributed by atoms with Gasteiger partial charge in [-0.25, -0.2) is 4.79 Å². The van der Waals surface area contributed by atoms with Crippen LogP contribution in [-0.2, 0) is 19.1 Å². The largest absolute Gasteiger partial charge is 0.463 e. The third-order valence-corrected chi connectivity index (χ3v) is 5.91. The number of oxime groups is 1. The summed E-state index contributed by atoms with van der Waals surface area (Å²) < 4.78 is 16.8. The first-order valence-corrected chi connectivity index (χ1v) is 11.9. The molecule has 0 saturated carbocycles. The van der Waals surface area contributed by atoms with Crippen molar-refractivity contribution < 1.29 is 39.2 Å². The Morgan fingerprint density at radius 3 is 2.31 bits per heavy atom. The molecule has 0 aliphatic carbocycles. The molecule has 1 aliphatic rings. The molecule has 1 aromatic heterocycles. The van der Waals surface area contributed by atoms with Crippen LogP contribution >= 0.6 is 0 Å². The number of carbonyl (C=O) groups excluding carboxylic acids is 2. The molecule has 204 valence electrons. The van der Waals surface area contributed by atoms with Crippen molar-refractivity contribution >= 4 is 23.5 Å². The maximum Gasteiger partial charge on any atom is 0.351 e. The summed E-state index contributed by atoms with van der Waals surface area (Å²) in [6.45, 7) is -0.419. The number of hydrogen-bond acceptors (Lipinski definition) is 12. The number of rotatable bonds is 9. The molecular formula is C26H26N4O9. The Labute approximate surface area is 221 Å². The number of nitrogens with zero attached hydrogens (tertiary/aromatic N) is 3. The molecule has 5 N–H and O–H groups in total. The van der Waals surface area contributed by atoms with Gasteiger partial charge < -0.3 is 35.4 Å². The summed E-state index contributed by atoms with van der Waals surface area (Å²) in [7, 11) is 0. The van der Waals surface area contributed by atoms with Gasteiger partial charge in [0.25, 0.3) is 0 Å². The molecule has 13 nitrogen and oxygen atoms in total. The van der Waals surface area contributed by atoms with Crippen LogP contribution in [0.1, 0.15) is 30.2 Å². The molecule has 0 amide bonds. The SMILES string of the molecule is Nc1ccn(C2O[C@H](COC(=O)CCC(=O)Oc3ccc(/C(=N/O)c4ccccc4)cc3)[C@@H](O)[C@H]2O)c(=O)n1. The number of aliphatic hydroxyl groups excluding tert-OH is 2. The second-order valence-corrected chi connectivity index (χ2v) is 8.58. The zero-order valence-corrected chi connectivity index (χ0v) is 20.5. The topological polar surface area (TPSA) is 196 Å². The van der Waals surface area contributed by atoms with E-state index in [1.54, 1.807) is 24.3 Å². The van der Waals surface area contributed by atoms with Gasteiger partial charge in [-0.3, -0.25) is 14.2 Å². The minimum Gasteiger partial charge on any atom is -0.463 e. The smallest absolute Gasteiger partial charge is 0.351 e. The summed E-state index contributed by atoms with van der Waals surface area (Å²) in [5.41, 5.74) is 6.33. The molecule has 13 heteroatoms. The summed E-state index contributed by atoms with van der Waals surface area (Å²) in [6.07, 6.45) is -4.61. The van der Waals surface area contributed by atoms with E-state index in [1.807, 2.05) is 18.2 Å². The monoisotopic (exact) mass is 538 g/mol. The third kappa shape index (κ3) is 6.65. The van der Waals surface area contributed by atoms with E-state index >= 15 is 0 Å². The molecule has 1 saturated heterocycles. The van der Waals surface area contributed by atoms with Crippen molar-refractivity contribution in [2.45, 2.75) is 37.4 Å². The van der Waals surface area contributed by atoms with Crippen molar-refractivity contribution in [2.24, 2.45) is 5.16 Å². The first-order valence-electron chi connectivity index (χ1n) is 11.9. The van der Waals surface area contributed by atoms with Crippen LogP contribution in [0.3, 0.4) is 0 Å². The van der Waals surface area contributed by atoms with Crippen LogP contribution in [0.5, 0.6) is 5.75 Å². The van der Waals surface area contributed by atoms with E-state index in [0.29, 0.717) is 16.8 Å². The highest BCUT2D eigenvalue weighted by Gasteiger charge is 2.44. The minimum atomic E-state index is -1.48. The summed E-state index contributed by atoms with van der Waals surface area (Å²) in [4.78, 5) is 39.9. The number of anilines is 1. The van der Waals surface area contributed by atoms with Crippen molar-refractivity contribution in [2.75, 3.05) is 12.3 Å². The van der Waals surface area contributed by atoms with E-state index in [4.69, 9.17) is 19.9 Å². The van der Waals surface area contributed by atoms with Crippen LogP contribution in [0.15, 0.2) is 76.8 Å². The molecule has 0 radical (unpaired) electrons. The van der Waals surface area contributed by atoms with Gasteiger partial charge in [0.15, 0.2) is 6.23 Å². The molecule has 3 aromatic rings. The lowest BCUT2D eigenvalue weighted by atomic mass is 10.0. The number of aliphatic hydroxyl groups is 2. The Kier molecular flexibility index (Phi) is 8.66. The number of nitrogen functional groups attached to an aromatic ring is 1. The second kappa shape index (κ2) is 12.3. The van der Waals surface area contributed by atoms with Crippen molar-refractivity contribution in [3.8, 4) is 5.75 Å². The maximum absolute atomic E-state index is 12.2. The Bertz CT molecular complexity index is 1390. The molecule has 0 bridgehead atoms. The van der Waals surface area contributed by atoms with E-state index < -0.39 is 48.8 Å². The normalized spacial score (nSPS) is 20.9. The molecule has 1 fully saturated rings. The summed E-state index contributed by atoms with van der Waals surface area (Å²) in [6, 6.07) is 16.7. The molecule has 4 rings (SSSR count). The fraction of sp³-hybridized carbons (Fsp3) is 0.269. The van der Waals surface area contributed by atoms with Crippen LogP contribution in [0, 0.1) is 0 Å². The average Bonchev–Trinajstić information content (AvgIpc) is 3.21. The van der Waals surface area contributed by atoms with Crippen LogP contribution in [-0.4, -0.2) is 67.5 Å². The van der Waals surface area contributed by atoms with Gasteiger partial charge in [-0.05, 0) is 30.3 Å². The first-order chi connectivity index (χ1) is 18.8. The second-order valence-electron chi connectivity index (χ2n) is 8.58. The van der Waals surface area contributed by atoms with Crippen LogP contribution < -0.4 is 16.2 Å². The average molecular weight is 539 g/mol. The number of esters is 2. The fourth-order valence-corrected chi connectivity index (χ4v) is 3.91. The van der Waals surface area contributed by atoms with Gasteiger partial charge in [0.1, 0.15) is 42.2 Å². The number of ether oxygens (including phenoxy) is 3. The first kappa shape index (κ1) is 27.4. The van der Waals surface area contributed by atoms with Gasteiger partial charge in [-0.2, -0.15) is 4.98 Å².